The van der Waals surface area contributed by atoms with Crippen LogP contribution in [-0.4, -0.2) is 48.6 Å². The fourth-order valence-electron chi connectivity index (χ4n) is 2.53. The molecule has 0 aromatic rings. The first kappa shape index (κ1) is 17.0. The van der Waals surface area contributed by atoms with Crippen LogP contribution < -0.4 is 5.32 Å². The van der Waals surface area contributed by atoms with Crippen LogP contribution in [0.3, 0.4) is 0 Å². The first-order chi connectivity index (χ1) is 9.13. The summed E-state index contributed by atoms with van der Waals surface area (Å²) in [6.07, 6.45) is 0.836. The Kier molecular flexibility index (Phi) is 5.57. The Bertz CT molecular complexity index is 355. The molecule has 0 saturated carbocycles. The summed E-state index contributed by atoms with van der Waals surface area (Å²) in [5, 5.41) is 3.18. The van der Waals surface area contributed by atoms with Crippen LogP contribution in [0.5, 0.6) is 0 Å². The molecule has 0 spiro atoms. The summed E-state index contributed by atoms with van der Waals surface area (Å²) < 4.78 is 5.45. The lowest BCUT2D eigenvalue weighted by atomic mass is 9.99. The first-order valence-electron chi connectivity index (χ1n) is 7.33. The highest BCUT2D eigenvalue weighted by Gasteiger charge is 2.36. The quantitative estimate of drug-likeness (QED) is 0.793. The van der Waals surface area contributed by atoms with Gasteiger partial charge in [0.15, 0.2) is 0 Å². The van der Waals surface area contributed by atoms with Crippen molar-refractivity contribution in [3.05, 3.63) is 0 Å². The average Bonchev–Trinajstić information content (AvgIpc) is 2.77. The molecule has 1 heterocycles. The van der Waals surface area contributed by atoms with Gasteiger partial charge in [-0.1, -0.05) is 13.8 Å². The predicted octanol–water partition coefficient (Wildman–Crippen LogP) is 1.42. The van der Waals surface area contributed by atoms with E-state index in [1.165, 1.54) is 0 Å². The number of esters is 1. The van der Waals surface area contributed by atoms with E-state index in [0.717, 1.165) is 13.0 Å². The Morgan fingerprint density at radius 2 is 1.90 bits per heavy atom. The summed E-state index contributed by atoms with van der Waals surface area (Å²) in [4.78, 5) is 26.3. The molecule has 1 unspecified atom stereocenters. The number of ether oxygens (including phenoxy) is 1. The lowest BCUT2D eigenvalue weighted by Crippen LogP contribution is -2.50. The molecule has 20 heavy (non-hydrogen) atoms. The standard InChI is InChI=1S/C15H28N2O3/c1-10(2)12(14(19)20-15(3,4)5)17(6)13(18)11-7-8-16-9-11/h10-12,16H,7-9H2,1-6H3/t11?,12-/m0/s1. The summed E-state index contributed by atoms with van der Waals surface area (Å²) in [6, 6.07) is -0.526. The number of likely N-dealkylation sites (N-methyl/N-ethyl adjacent to an activating group) is 1. The molecule has 5 heteroatoms. The van der Waals surface area contributed by atoms with Gasteiger partial charge in [-0.3, -0.25) is 4.79 Å². The zero-order valence-electron chi connectivity index (χ0n) is 13.5. The van der Waals surface area contributed by atoms with Gasteiger partial charge in [-0.05, 0) is 39.7 Å². The minimum absolute atomic E-state index is 0.0214. The van der Waals surface area contributed by atoms with Crippen molar-refractivity contribution in [2.75, 3.05) is 20.1 Å². The van der Waals surface area contributed by atoms with E-state index < -0.39 is 11.6 Å². The number of hydrogen-bond donors (Lipinski definition) is 1. The number of nitrogens with one attached hydrogen (secondary N) is 1. The van der Waals surface area contributed by atoms with E-state index in [1.807, 2.05) is 34.6 Å². The highest BCUT2D eigenvalue weighted by molar-refractivity contribution is 5.86. The summed E-state index contributed by atoms with van der Waals surface area (Å²) in [7, 11) is 1.70. The highest BCUT2D eigenvalue weighted by Crippen LogP contribution is 2.20. The second kappa shape index (κ2) is 6.57. The van der Waals surface area contributed by atoms with Gasteiger partial charge in [0.25, 0.3) is 0 Å². The molecule has 1 aliphatic rings. The molecule has 1 saturated heterocycles. The van der Waals surface area contributed by atoms with E-state index in [4.69, 9.17) is 4.74 Å². The van der Waals surface area contributed by atoms with Crippen LogP contribution in [0.25, 0.3) is 0 Å². The van der Waals surface area contributed by atoms with Crippen molar-refractivity contribution in [1.82, 2.24) is 10.2 Å². The molecule has 116 valence electrons. The van der Waals surface area contributed by atoms with Crippen LogP contribution in [-0.2, 0) is 14.3 Å². The molecule has 1 fully saturated rings. The van der Waals surface area contributed by atoms with Crippen molar-refractivity contribution >= 4 is 11.9 Å². The summed E-state index contributed by atoms with van der Waals surface area (Å²) in [6.45, 7) is 10.9. The molecule has 0 aromatic carbocycles. The number of carbonyl (C=O) groups excluding carboxylic acids is 2. The van der Waals surface area contributed by atoms with Crippen molar-refractivity contribution in [3.63, 3.8) is 0 Å². The van der Waals surface area contributed by atoms with E-state index in [9.17, 15) is 9.59 Å². The average molecular weight is 284 g/mol. The lowest BCUT2D eigenvalue weighted by Gasteiger charge is -2.33. The number of amides is 1. The zero-order chi connectivity index (χ0) is 15.5. The van der Waals surface area contributed by atoms with Gasteiger partial charge in [0.05, 0.1) is 5.92 Å². The molecule has 0 aliphatic carbocycles. The van der Waals surface area contributed by atoms with Crippen LogP contribution in [0.1, 0.15) is 41.0 Å². The number of carbonyl (C=O) groups is 2. The molecule has 1 N–H and O–H groups in total. The Hall–Kier alpha value is -1.10. The predicted molar refractivity (Wildman–Crippen MR) is 78.2 cm³/mol. The van der Waals surface area contributed by atoms with Gasteiger partial charge in [0.1, 0.15) is 11.6 Å². The molecular weight excluding hydrogens is 256 g/mol. The van der Waals surface area contributed by atoms with Gasteiger partial charge in [-0.25, -0.2) is 4.79 Å². The van der Waals surface area contributed by atoms with Crippen molar-refractivity contribution in [3.8, 4) is 0 Å². The highest BCUT2D eigenvalue weighted by atomic mass is 16.6. The van der Waals surface area contributed by atoms with Crippen molar-refractivity contribution in [1.29, 1.82) is 0 Å². The molecule has 0 radical (unpaired) electrons. The van der Waals surface area contributed by atoms with Crippen molar-refractivity contribution in [2.24, 2.45) is 11.8 Å². The van der Waals surface area contributed by atoms with Crippen molar-refractivity contribution in [2.45, 2.75) is 52.7 Å². The monoisotopic (exact) mass is 284 g/mol. The van der Waals surface area contributed by atoms with Crippen molar-refractivity contribution < 1.29 is 14.3 Å². The Balaban J connectivity index is 2.79. The Morgan fingerprint density at radius 1 is 1.30 bits per heavy atom. The SMILES string of the molecule is CC(C)[C@@H](C(=O)OC(C)(C)C)N(C)C(=O)C1CCNC1. The smallest absolute Gasteiger partial charge is 0.329 e. The maximum absolute atomic E-state index is 12.4. The Morgan fingerprint density at radius 3 is 2.30 bits per heavy atom. The van der Waals surface area contributed by atoms with E-state index >= 15 is 0 Å². The van der Waals surface area contributed by atoms with E-state index in [-0.39, 0.29) is 23.7 Å². The lowest BCUT2D eigenvalue weighted by molar-refractivity contribution is -0.166. The van der Waals surface area contributed by atoms with Crippen LogP contribution >= 0.6 is 0 Å². The normalized spacial score (nSPS) is 20.9. The first-order valence-corrected chi connectivity index (χ1v) is 7.33. The molecule has 1 aliphatic heterocycles. The summed E-state index contributed by atoms with van der Waals surface area (Å²) >= 11 is 0. The van der Waals surface area contributed by atoms with Gasteiger partial charge in [-0.2, -0.15) is 0 Å². The largest absolute Gasteiger partial charge is 0.458 e. The third-order valence-electron chi connectivity index (χ3n) is 3.45. The van der Waals surface area contributed by atoms with Gasteiger partial charge in [0.2, 0.25) is 5.91 Å². The van der Waals surface area contributed by atoms with Crippen LogP contribution in [0.15, 0.2) is 0 Å². The molecular formula is C15H28N2O3. The topological polar surface area (TPSA) is 58.6 Å². The second-order valence-corrected chi connectivity index (χ2v) is 6.86. The Labute approximate surface area is 122 Å². The molecule has 0 bridgehead atoms. The van der Waals surface area contributed by atoms with E-state index in [2.05, 4.69) is 5.32 Å². The summed E-state index contributed by atoms with van der Waals surface area (Å²) in [5.74, 6) is -0.300. The minimum Gasteiger partial charge on any atom is -0.458 e. The van der Waals surface area contributed by atoms with Gasteiger partial charge in [0, 0.05) is 13.6 Å². The maximum atomic E-state index is 12.4. The minimum atomic E-state index is -0.539. The number of rotatable bonds is 4. The second-order valence-electron chi connectivity index (χ2n) is 6.86. The van der Waals surface area contributed by atoms with Gasteiger partial charge in [-0.15, -0.1) is 0 Å². The third kappa shape index (κ3) is 4.47. The van der Waals surface area contributed by atoms with Gasteiger partial charge >= 0.3 is 5.97 Å². The van der Waals surface area contributed by atoms with E-state index in [1.54, 1.807) is 11.9 Å². The van der Waals surface area contributed by atoms with E-state index in [0.29, 0.717) is 6.54 Å². The van der Waals surface area contributed by atoms with Crippen LogP contribution in [0, 0.1) is 11.8 Å². The molecule has 1 amide bonds. The van der Waals surface area contributed by atoms with Crippen LogP contribution in [0.4, 0.5) is 0 Å². The number of hydrogen-bond acceptors (Lipinski definition) is 4. The molecule has 0 aromatic heterocycles. The molecule has 5 nitrogen and oxygen atoms in total. The third-order valence-corrected chi connectivity index (χ3v) is 3.45. The fraction of sp³-hybridized carbons (Fsp3) is 0.867. The molecule has 2 atom stereocenters. The van der Waals surface area contributed by atoms with Crippen LogP contribution in [0.2, 0.25) is 0 Å². The zero-order valence-corrected chi connectivity index (χ0v) is 13.5. The number of nitrogens with zero attached hydrogens (tertiary/aromatic N) is 1. The maximum Gasteiger partial charge on any atom is 0.329 e. The van der Waals surface area contributed by atoms with Gasteiger partial charge < -0.3 is 15.0 Å². The molecule has 1 rings (SSSR count). The summed E-state index contributed by atoms with van der Waals surface area (Å²) in [5.41, 5.74) is -0.539. The fourth-order valence-corrected chi connectivity index (χ4v) is 2.53.